The van der Waals surface area contributed by atoms with Crippen LogP contribution in [0, 0.1) is 0 Å². The molecule has 0 unspecified atom stereocenters. The number of nitrogens with zero attached hydrogens (tertiary/aromatic N) is 1. The molecule has 0 spiro atoms. The number of hydrogen-bond donors (Lipinski definition) is 4. The Morgan fingerprint density at radius 3 is 2.36 bits per heavy atom. The highest BCUT2D eigenvalue weighted by molar-refractivity contribution is 7.97. The van der Waals surface area contributed by atoms with Crippen molar-refractivity contribution < 1.29 is 9.59 Å². The highest BCUT2D eigenvalue weighted by atomic mass is 32.1. The average molecular weight is 231 g/mol. The quantitative estimate of drug-likeness (QED) is 0.553. The molecular weight excluding hydrogens is 222 g/mol. The smallest absolute Gasteiger partial charge is 0.280 e. The number of thiol groups is 2. The second-order valence-electron chi connectivity index (χ2n) is 2.01. The molecule has 0 aliphatic rings. The molecule has 2 amide bonds. The predicted molar refractivity (Wildman–Crippen MR) is 60.8 cm³/mol. The molecule has 0 saturated heterocycles. The van der Waals surface area contributed by atoms with E-state index in [0.717, 1.165) is 0 Å². The first kappa shape index (κ1) is 12.8. The van der Waals surface area contributed by atoms with Gasteiger partial charge in [-0.15, -0.1) is 0 Å². The van der Waals surface area contributed by atoms with E-state index in [-0.39, 0.29) is 5.24 Å². The van der Waals surface area contributed by atoms with E-state index in [1.807, 2.05) is 0 Å². The highest BCUT2D eigenvalue weighted by Gasteiger charge is 1.91. The Hall–Kier alpha value is -1.21. The van der Waals surface area contributed by atoms with Crippen LogP contribution in [0.2, 0.25) is 0 Å². The molecule has 0 radical (unpaired) electrons. The summed E-state index contributed by atoms with van der Waals surface area (Å²) in [5, 5.41) is 1.45. The van der Waals surface area contributed by atoms with Crippen LogP contribution in [0.1, 0.15) is 0 Å². The highest BCUT2D eigenvalue weighted by Crippen LogP contribution is 2.02. The maximum absolute atomic E-state index is 10.3. The molecule has 76 valence electrons. The van der Waals surface area contributed by atoms with Crippen molar-refractivity contribution in [3.05, 3.63) is 24.5 Å². The molecule has 1 aromatic rings. The van der Waals surface area contributed by atoms with Gasteiger partial charge in [-0.1, -0.05) is 25.3 Å². The molecule has 0 fully saturated rings. The van der Waals surface area contributed by atoms with Crippen LogP contribution in [-0.2, 0) is 0 Å². The van der Waals surface area contributed by atoms with Crippen molar-refractivity contribution in [2.75, 3.05) is 5.32 Å². The normalized spacial score (nSPS) is 8.14. The molecule has 0 aromatic carbocycles. The minimum atomic E-state index is -0.639. The first-order chi connectivity index (χ1) is 6.52. The summed E-state index contributed by atoms with van der Waals surface area (Å²) < 4.78 is 0. The minimum absolute atomic E-state index is 0.381. The summed E-state index contributed by atoms with van der Waals surface area (Å²) in [6.45, 7) is 0. The fraction of sp³-hybridized carbons (Fsp3) is 0. The van der Waals surface area contributed by atoms with Gasteiger partial charge in [-0.3, -0.25) is 14.6 Å². The maximum Gasteiger partial charge on any atom is 0.280 e. The van der Waals surface area contributed by atoms with Gasteiger partial charge in [0.2, 0.25) is 0 Å². The molecule has 0 aliphatic heterocycles. The van der Waals surface area contributed by atoms with Gasteiger partial charge in [0.1, 0.15) is 0 Å². The van der Waals surface area contributed by atoms with Crippen LogP contribution in [-0.4, -0.2) is 15.5 Å². The Balaban J connectivity index is 0.000000364. The third-order valence-corrected chi connectivity index (χ3v) is 1.02. The molecule has 0 bridgehead atoms. The molecule has 14 heavy (non-hydrogen) atoms. The molecular formula is C7H9N3O2S2. The number of nitrogens with two attached hydrogens (primary N) is 1. The van der Waals surface area contributed by atoms with E-state index in [1.54, 1.807) is 24.5 Å². The van der Waals surface area contributed by atoms with Gasteiger partial charge >= 0.3 is 0 Å². The summed E-state index contributed by atoms with van der Waals surface area (Å²) in [6, 6.07) is 3.47. The van der Waals surface area contributed by atoms with E-state index in [0.29, 0.717) is 5.69 Å². The number of anilines is 1. The molecule has 0 atom stereocenters. The average Bonchev–Trinajstić information content (AvgIpc) is 2.03. The van der Waals surface area contributed by atoms with Crippen LogP contribution in [0.3, 0.4) is 0 Å². The van der Waals surface area contributed by atoms with Crippen molar-refractivity contribution in [2.45, 2.75) is 0 Å². The number of amides is 2. The number of carbonyl (C=O) groups is 2. The zero-order chi connectivity index (χ0) is 11.0. The molecule has 0 saturated carbocycles. The molecule has 5 nitrogen and oxygen atoms in total. The number of pyridine rings is 1. The van der Waals surface area contributed by atoms with Crippen LogP contribution in [0.25, 0.3) is 0 Å². The van der Waals surface area contributed by atoms with E-state index in [9.17, 15) is 4.79 Å². The molecule has 1 rings (SSSR count). The Morgan fingerprint density at radius 2 is 2.00 bits per heavy atom. The second-order valence-corrected chi connectivity index (χ2v) is 2.86. The predicted octanol–water partition coefficient (Wildman–Crippen LogP) is 1.54. The first-order valence-corrected chi connectivity index (χ1v) is 4.30. The third kappa shape index (κ3) is 8.88. The van der Waals surface area contributed by atoms with Gasteiger partial charge in [0.15, 0.2) is 0 Å². The maximum atomic E-state index is 10.3. The number of primary amides is 1. The summed E-state index contributed by atoms with van der Waals surface area (Å²) in [5.41, 5.74) is 4.99. The van der Waals surface area contributed by atoms with Crippen LogP contribution in [0.15, 0.2) is 24.5 Å². The number of rotatable bonds is 1. The summed E-state index contributed by atoms with van der Waals surface area (Å²) in [4.78, 5) is 23.2. The summed E-state index contributed by atoms with van der Waals surface area (Å²) in [5.74, 6) is 0. The van der Waals surface area contributed by atoms with Crippen molar-refractivity contribution >= 4 is 41.4 Å². The van der Waals surface area contributed by atoms with E-state index in [4.69, 9.17) is 4.79 Å². The van der Waals surface area contributed by atoms with Crippen molar-refractivity contribution in [1.29, 1.82) is 0 Å². The first-order valence-electron chi connectivity index (χ1n) is 3.40. The Labute approximate surface area is 91.9 Å². The monoisotopic (exact) mass is 231 g/mol. The van der Waals surface area contributed by atoms with Crippen LogP contribution < -0.4 is 11.1 Å². The fourth-order valence-electron chi connectivity index (χ4n) is 0.560. The van der Waals surface area contributed by atoms with E-state index in [2.05, 4.69) is 41.3 Å². The lowest BCUT2D eigenvalue weighted by Crippen LogP contribution is -2.00. The van der Waals surface area contributed by atoms with Gasteiger partial charge in [0.25, 0.3) is 10.5 Å². The number of nitrogens with one attached hydrogen (secondary N) is 1. The van der Waals surface area contributed by atoms with Crippen molar-refractivity contribution in [3.63, 3.8) is 0 Å². The topological polar surface area (TPSA) is 85.1 Å². The van der Waals surface area contributed by atoms with Gasteiger partial charge in [-0.25, -0.2) is 0 Å². The number of aromatic nitrogens is 1. The molecule has 3 N–H and O–H groups in total. The number of hydrogen-bond acceptors (Lipinski definition) is 3. The van der Waals surface area contributed by atoms with Gasteiger partial charge in [0, 0.05) is 6.20 Å². The molecule has 1 aromatic heterocycles. The van der Waals surface area contributed by atoms with Crippen LogP contribution in [0.5, 0.6) is 0 Å². The minimum Gasteiger partial charge on any atom is -0.361 e. The van der Waals surface area contributed by atoms with Crippen molar-refractivity contribution in [2.24, 2.45) is 5.73 Å². The second kappa shape index (κ2) is 7.22. The summed E-state index contributed by atoms with van der Waals surface area (Å²) >= 11 is 6.64. The molecule has 7 heteroatoms. The van der Waals surface area contributed by atoms with Gasteiger partial charge in [0.05, 0.1) is 11.9 Å². The lowest BCUT2D eigenvalue weighted by molar-refractivity contribution is 0.267. The summed E-state index contributed by atoms with van der Waals surface area (Å²) in [7, 11) is 0. The zero-order valence-electron chi connectivity index (χ0n) is 7.04. The largest absolute Gasteiger partial charge is 0.361 e. The Bertz CT molecular complexity index is 301. The lowest BCUT2D eigenvalue weighted by Gasteiger charge is -1.96. The van der Waals surface area contributed by atoms with E-state index >= 15 is 0 Å². The van der Waals surface area contributed by atoms with Crippen LogP contribution >= 0.6 is 25.3 Å². The lowest BCUT2D eigenvalue weighted by atomic mass is 10.4. The van der Waals surface area contributed by atoms with E-state index in [1.165, 1.54) is 0 Å². The van der Waals surface area contributed by atoms with Gasteiger partial charge < -0.3 is 11.1 Å². The summed E-state index contributed by atoms with van der Waals surface area (Å²) in [6.07, 6.45) is 3.18. The Kier molecular flexibility index (Phi) is 6.59. The van der Waals surface area contributed by atoms with Crippen molar-refractivity contribution in [3.8, 4) is 0 Å². The van der Waals surface area contributed by atoms with Crippen LogP contribution in [0.4, 0.5) is 15.3 Å². The van der Waals surface area contributed by atoms with Gasteiger partial charge in [-0.2, -0.15) is 0 Å². The molecule has 1 heterocycles. The number of carbonyl (C=O) groups excluding carboxylic acids is 2. The third-order valence-electron chi connectivity index (χ3n) is 0.913. The SMILES string of the molecule is NC(=O)S.O=C(S)Nc1cccnc1. The Morgan fingerprint density at radius 1 is 1.43 bits per heavy atom. The molecule has 0 aliphatic carbocycles. The standard InChI is InChI=1S/C6H6N2OS.CH3NOS/c9-6(10)8-5-2-1-3-7-4-5;2-1(3)4/h1-4H,(H2,8,9,10);(H3,2,3,4). The zero-order valence-corrected chi connectivity index (χ0v) is 8.83. The van der Waals surface area contributed by atoms with Crippen molar-refractivity contribution in [1.82, 2.24) is 4.98 Å². The van der Waals surface area contributed by atoms with E-state index < -0.39 is 5.24 Å². The van der Waals surface area contributed by atoms with Gasteiger partial charge in [-0.05, 0) is 12.1 Å². The fourth-order valence-corrected chi connectivity index (χ4v) is 0.689.